The number of likely N-dealkylation sites (N-methyl/N-ethyl adjacent to an activating group) is 1. The van der Waals surface area contributed by atoms with Gasteiger partial charge in [-0.2, -0.15) is 0 Å². The van der Waals surface area contributed by atoms with Crippen LogP contribution in [-0.2, 0) is 10.2 Å². The van der Waals surface area contributed by atoms with Crippen LogP contribution in [0.2, 0.25) is 0 Å². The third-order valence-corrected chi connectivity index (χ3v) is 4.30. The van der Waals surface area contributed by atoms with Gasteiger partial charge in [0.25, 0.3) is 0 Å². The molecule has 1 aromatic rings. The Balaban J connectivity index is 2.59. The SMILES string of the molecule is CC1=CC(C(=O)O)(c2nccs2)C(C)N1C. The van der Waals surface area contributed by atoms with Crippen molar-refractivity contribution in [2.75, 3.05) is 7.05 Å². The first-order valence-electron chi connectivity index (χ1n) is 5.06. The molecule has 86 valence electrons. The first kappa shape index (κ1) is 11.1. The summed E-state index contributed by atoms with van der Waals surface area (Å²) in [7, 11) is 1.91. The van der Waals surface area contributed by atoms with Crippen molar-refractivity contribution >= 4 is 17.3 Å². The van der Waals surface area contributed by atoms with Crippen LogP contribution in [0.5, 0.6) is 0 Å². The van der Waals surface area contributed by atoms with Crippen LogP contribution in [0.1, 0.15) is 18.9 Å². The third kappa shape index (κ3) is 1.28. The maximum Gasteiger partial charge on any atom is 0.322 e. The number of rotatable bonds is 2. The highest BCUT2D eigenvalue weighted by Crippen LogP contribution is 2.40. The monoisotopic (exact) mass is 238 g/mol. The molecule has 2 heterocycles. The number of aliphatic carboxylic acids is 1. The molecule has 1 aromatic heterocycles. The Morgan fingerprint density at radius 2 is 2.38 bits per heavy atom. The van der Waals surface area contributed by atoms with Gasteiger partial charge in [-0.05, 0) is 19.9 Å². The molecule has 5 heteroatoms. The highest BCUT2D eigenvalue weighted by Gasteiger charge is 2.51. The zero-order valence-electron chi connectivity index (χ0n) is 9.47. The Labute approximate surface area is 98.2 Å². The summed E-state index contributed by atoms with van der Waals surface area (Å²) in [6.07, 6.45) is 3.46. The van der Waals surface area contributed by atoms with E-state index >= 15 is 0 Å². The molecular weight excluding hydrogens is 224 g/mol. The van der Waals surface area contributed by atoms with Crippen molar-refractivity contribution in [1.29, 1.82) is 0 Å². The van der Waals surface area contributed by atoms with E-state index in [2.05, 4.69) is 4.98 Å². The van der Waals surface area contributed by atoms with Gasteiger partial charge in [-0.1, -0.05) is 0 Å². The summed E-state index contributed by atoms with van der Waals surface area (Å²) in [5.74, 6) is -0.835. The van der Waals surface area contributed by atoms with Gasteiger partial charge in [0.15, 0.2) is 5.41 Å². The van der Waals surface area contributed by atoms with Gasteiger partial charge in [0, 0.05) is 24.3 Å². The number of nitrogens with zero attached hydrogens (tertiary/aromatic N) is 2. The van der Waals surface area contributed by atoms with Crippen LogP contribution in [0, 0.1) is 0 Å². The van der Waals surface area contributed by atoms with Gasteiger partial charge >= 0.3 is 5.97 Å². The predicted molar refractivity (Wildman–Crippen MR) is 62.4 cm³/mol. The fourth-order valence-corrected chi connectivity index (χ4v) is 3.05. The molecule has 4 nitrogen and oxygen atoms in total. The van der Waals surface area contributed by atoms with E-state index < -0.39 is 11.4 Å². The minimum Gasteiger partial charge on any atom is -0.480 e. The van der Waals surface area contributed by atoms with Gasteiger partial charge < -0.3 is 10.0 Å². The van der Waals surface area contributed by atoms with E-state index in [1.807, 2.05) is 31.2 Å². The number of hydrogen-bond donors (Lipinski definition) is 1. The molecule has 1 aliphatic rings. The number of carboxylic acids is 1. The van der Waals surface area contributed by atoms with E-state index in [9.17, 15) is 9.90 Å². The minimum absolute atomic E-state index is 0.115. The molecule has 2 atom stereocenters. The zero-order chi connectivity index (χ0) is 11.9. The fourth-order valence-electron chi connectivity index (χ4n) is 2.16. The van der Waals surface area contributed by atoms with Gasteiger partial charge in [0.05, 0.1) is 6.04 Å². The van der Waals surface area contributed by atoms with Gasteiger partial charge in [0.1, 0.15) is 5.01 Å². The van der Waals surface area contributed by atoms with Crippen molar-refractivity contribution in [2.45, 2.75) is 25.3 Å². The second-order valence-corrected chi connectivity index (χ2v) is 4.98. The van der Waals surface area contributed by atoms with Crippen LogP contribution >= 0.6 is 11.3 Å². The maximum atomic E-state index is 11.6. The Kier molecular flexibility index (Phi) is 2.50. The van der Waals surface area contributed by atoms with Crippen molar-refractivity contribution in [2.24, 2.45) is 0 Å². The van der Waals surface area contributed by atoms with Crippen LogP contribution < -0.4 is 0 Å². The Morgan fingerprint density at radius 3 is 2.75 bits per heavy atom. The molecule has 16 heavy (non-hydrogen) atoms. The van der Waals surface area contributed by atoms with Crippen LogP contribution in [0.4, 0.5) is 0 Å². The van der Waals surface area contributed by atoms with Crippen LogP contribution in [0.25, 0.3) is 0 Å². The summed E-state index contributed by atoms with van der Waals surface area (Å²) in [6.45, 7) is 3.84. The third-order valence-electron chi connectivity index (χ3n) is 3.37. The molecule has 2 rings (SSSR count). The second-order valence-electron chi connectivity index (χ2n) is 4.08. The van der Waals surface area contributed by atoms with Gasteiger partial charge in [-0.25, -0.2) is 4.98 Å². The lowest BCUT2D eigenvalue weighted by molar-refractivity contribution is -0.143. The molecule has 0 spiro atoms. The van der Waals surface area contributed by atoms with Crippen molar-refractivity contribution in [1.82, 2.24) is 9.88 Å². The number of carboxylic acid groups (broad SMARTS) is 1. The second kappa shape index (κ2) is 3.59. The molecule has 1 aliphatic heterocycles. The van der Waals surface area contributed by atoms with E-state index in [1.165, 1.54) is 11.3 Å². The predicted octanol–water partition coefficient (Wildman–Crippen LogP) is 1.70. The van der Waals surface area contributed by atoms with E-state index in [0.29, 0.717) is 5.01 Å². The Morgan fingerprint density at radius 1 is 1.69 bits per heavy atom. The molecule has 0 aliphatic carbocycles. The van der Waals surface area contributed by atoms with Gasteiger partial charge in [-0.15, -0.1) is 11.3 Å². The summed E-state index contributed by atoms with van der Waals surface area (Å²) in [5, 5.41) is 12.0. The summed E-state index contributed by atoms with van der Waals surface area (Å²) in [6, 6.07) is -0.115. The highest BCUT2D eigenvalue weighted by molar-refractivity contribution is 7.09. The average Bonchev–Trinajstić information content (AvgIpc) is 2.82. The van der Waals surface area contributed by atoms with Gasteiger partial charge in [-0.3, -0.25) is 4.79 Å². The van der Waals surface area contributed by atoms with Crippen LogP contribution in [-0.4, -0.2) is 34.0 Å². The molecule has 0 saturated heterocycles. The molecule has 2 unspecified atom stereocenters. The molecule has 0 amide bonds. The molecule has 0 aromatic carbocycles. The zero-order valence-corrected chi connectivity index (χ0v) is 10.3. The largest absolute Gasteiger partial charge is 0.480 e. The number of hydrogen-bond acceptors (Lipinski definition) is 4. The summed E-state index contributed by atoms with van der Waals surface area (Å²) < 4.78 is 0. The Bertz CT molecular complexity index is 441. The molecule has 0 fully saturated rings. The highest BCUT2D eigenvalue weighted by atomic mass is 32.1. The topological polar surface area (TPSA) is 53.4 Å². The lowest BCUT2D eigenvalue weighted by Gasteiger charge is -2.30. The van der Waals surface area contributed by atoms with Crippen molar-refractivity contribution < 1.29 is 9.90 Å². The number of allylic oxidation sites excluding steroid dienone is 1. The van der Waals surface area contributed by atoms with E-state index in [-0.39, 0.29) is 6.04 Å². The van der Waals surface area contributed by atoms with E-state index in [4.69, 9.17) is 0 Å². The first-order chi connectivity index (χ1) is 7.50. The summed E-state index contributed by atoms with van der Waals surface area (Å²) >= 11 is 1.39. The van der Waals surface area contributed by atoms with E-state index in [1.54, 1.807) is 12.3 Å². The Hall–Kier alpha value is -1.36. The van der Waals surface area contributed by atoms with Crippen molar-refractivity contribution in [3.63, 3.8) is 0 Å². The quantitative estimate of drug-likeness (QED) is 0.852. The molecule has 0 bridgehead atoms. The fraction of sp³-hybridized carbons (Fsp3) is 0.455. The number of aromatic nitrogens is 1. The van der Waals surface area contributed by atoms with Crippen molar-refractivity contribution in [3.8, 4) is 0 Å². The van der Waals surface area contributed by atoms with Crippen LogP contribution in [0.3, 0.4) is 0 Å². The molecule has 0 saturated carbocycles. The van der Waals surface area contributed by atoms with Gasteiger partial charge in [0.2, 0.25) is 0 Å². The van der Waals surface area contributed by atoms with Crippen LogP contribution in [0.15, 0.2) is 23.3 Å². The maximum absolute atomic E-state index is 11.6. The number of carbonyl (C=O) groups is 1. The molecule has 1 N–H and O–H groups in total. The molecular formula is C11H14N2O2S. The summed E-state index contributed by atoms with van der Waals surface area (Å²) in [5.41, 5.74) is -0.0161. The first-order valence-corrected chi connectivity index (χ1v) is 5.93. The standard InChI is InChI=1S/C11H14N2O2S/c1-7-6-11(10(14)15,8(2)13(7)3)9-12-4-5-16-9/h4-6,8H,1-3H3,(H,14,15). The minimum atomic E-state index is -0.993. The lowest BCUT2D eigenvalue weighted by Crippen LogP contribution is -2.46. The molecule has 0 radical (unpaired) electrons. The summed E-state index contributed by atoms with van der Waals surface area (Å²) in [4.78, 5) is 17.8. The average molecular weight is 238 g/mol. The van der Waals surface area contributed by atoms with Crippen molar-refractivity contribution in [3.05, 3.63) is 28.4 Å². The smallest absolute Gasteiger partial charge is 0.322 e. The lowest BCUT2D eigenvalue weighted by atomic mass is 9.83. The van der Waals surface area contributed by atoms with E-state index in [0.717, 1.165) is 5.70 Å². The number of thiazole rings is 1. The normalized spacial score (nSPS) is 29.3.